The lowest BCUT2D eigenvalue weighted by molar-refractivity contribution is 0.0129. The number of nitrogens with zero attached hydrogens (tertiary/aromatic N) is 2. The third-order valence-corrected chi connectivity index (χ3v) is 4.12. The molecule has 0 radical (unpaired) electrons. The highest BCUT2D eigenvalue weighted by Crippen LogP contribution is 2.36. The number of hydrogen-bond donors (Lipinski definition) is 1. The van der Waals surface area contributed by atoms with E-state index in [0.29, 0.717) is 0 Å². The second-order valence-corrected chi connectivity index (χ2v) is 5.55. The van der Waals surface area contributed by atoms with Gasteiger partial charge >= 0.3 is 0 Å². The Morgan fingerprint density at radius 3 is 3.00 bits per heavy atom. The van der Waals surface area contributed by atoms with Crippen LogP contribution in [0.1, 0.15) is 42.3 Å². The predicted octanol–water partition coefficient (Wildman–Crippen LogP) is 2.77. The van der Waals surface area contributed by atoms with E-state index in [1.54, 1.807) is 0 Å². The van der Waals surface area contributed by atoms with Gasteiger partial charge in [0.2, 0.25) is 0 Å². The van der Waals surface area contributed by atoms with E-state index in [9.17, 15) is 0 Å². The van der Waals surface area contributed by atoms with E-state index in [2.05, 4.69) is 47.7 Å². The minimum absolute atomic E-state index is 0.0527. The largest absolute Gasteiger partial charge is 0.371 e. The van der Waals surface area contributed by atoms with Crippen LogP contribution >= 0.6 is 0 Å². The number of aromatic nitrogens is 2. The Balaban J connectivity index is 1.96. The summed E-state index contributed by atoms with van der Waals surface area (Å²) in [6, 6.07) is 10.8. The van der Waals surface area contributed by atoms with Crippen LogP contribution in [0.2, 0.25) is 0 Å². The van der Waals surface area contributed by atoms with Gasteiger partial charge in [-0.15, -0.1) is 0 Å². The van der Waals surface area contributed by atoms with Crippen molar-refractivity contribution in [2.75, 3.05) is 13.2 Å². The zero-order valence-corrected chi connectivity index (χ0v) is 12.7. The van der Waals surface area contributed by atoms with Gasteiger partial charge in [-0.2, -0.15) is 5.10 Å². The van der Waals surface area contributed by atoms with Gasteiger partial charge in [0.05, 0.1) is 18.3 Å². The number of aryl methyl sites for hydroxylation is 1. The Bertz CT molecular complexity index is 593. The van der Waals surface area contributed by atoms with Crippen LogP contribution in [-0.4, -0.2) is 22.9 Å². The standard InChI is InChI=1S/C17H23N3O/c1-3-10-18-16(15-8-11-19-20(15)2)17-14-7-5-4-6-13(14)9-12-21-17/h4-8,11,16-18H,3,9-10,12H2,1-2H3. The van der Waals surface area contributed by atoms with Crippen molar-refractivity contribution >= 4 is 0 Å². The maximum atomic E-state index is 6.14. The Morgan fingerprint density at radius 1 is 1.38 bits per heavy atom. The Hall–Kier alpha value is -1.65. The summed E-state index contributed by atoms with van der Waals surface area (Å²) in [5.74, 6) is 0. The first-order valence-electron chi connectivity index (χ1n) is 7.72. The maximum absolute atomic E-state index is 6.14. The molecule has 1 aliphatic heterocycles. The molecule has 1 aromatic heterocycles. The van der Waals surface area contributed by atoms with Crippen molar-refractivity contribution in [2.45, 2.75) is 31.9 Å². The fourth-order valence-electron chi connectivity index (χ4n) is 3.06. The second-order valence-electron chi connectivity index (χ2n) is 5.55. The van der Waals surface area contributed by atoms with Gasteiger partial charge in [0, 0.05) is 13.2 Å². The molecular formula is C17H23N3O. The molecule has 3 rings (SSSR count). The summed E-state index contributed by atoms with van der Waals surface area (Å²) >= 11 is 0. The minimum atomic E-state index is 0.0527. The molecule has 4 nitrogen and oxygen atoms in total. The summed E-state index contributed by atoms with van der Waals surface area (Å²) < 4.78 is 8.08. The molecule has 2 atom stereocenters. The van der Waals surface area contributed by atoms with Gasteiger partial charge < -0.3 is 10.1 Å². The minimum Gasteiger partial charge on any atom is -0.371 e. The van der Waals surface area contributed by atoms with Crippen LogP contribution in [0.25, 0.3) is 0 Å². The van der Waals surface area contributed by atoms with E-state index in [0.717, 1.165) is 26.0 Å². The van der Waals surface area contributed by atoms with Crippen molar-refractivity contribution in [1.29, 1.82) is 0 Å². The smallest absolute Gasteiger partial charge is 0.104 e. The molecule has 2 heterocycles. The van der Waals surface area contributed by atoms with E-state index < -0.39 is 0 Å². The highest BCUT2D eigenvalue weighted by atomic mass is 16.5. The van der Waals surface area contributed by atoms with E-state index in [1.165, 1.54) is 16.8 Å². The molecule has 0 spiro atoms. The number of ether oxygens (including phenoxy) is 1. The predicted molar refractivity (Wildman–Crippen MR) is 83.1 cm³/mol. The summed E-state index contributed by atoms with van der Waals surface area (Å²) in [5, 5.41) is 7.95. The molecule has 1 aliphatic rings. The fourth-order valence-corrected chi connectivity index (χ4v) is 3.06. The third kappa shape index (κ3) is 2.87. The summed E-state index contributed by atoms with van der Waals surface area (Å²) in [6.07, 6.45) is 4.00. The fraction of sp³-hybridized carbons (Fsp3) is 0.471. The number of nitrogens with one attached hydrogen (secondary N) is 1. The molecule has 21 heavy (non-hydrogen) atoms. The first-order valence-corrected chi connectivity index (χ1v) is 7.72. The summed E-state index contributed by atoms with van der Waals surface area (Å²) in [4.78, 5) is 0. The Labute approximate surface area is 126 Å². The molecular weight excluding hydrogens is 262 g/mol. The molecule has 1 N–H and O–H groups in total. The quantitative estimate of drug-likeness (QED) is 0.918. The van der Waals surface area contributed by atoms with E-state index in [-0.39, 0.29) is 12.1 Å². The summed E-state index contributed by atoms with van der Waals surface area (Å²) in [7, 11) is 1.99. The van der Waals surface area contributed by atoms with Crippen LogP contribution in [0.5, 0.6) is 0 Å². The molecule has 2 aromatic rings. The third-order valence-electron chi connectivity index (χ3n) is 4.12. The first kappa shape index (κ1) is 14.3. The number of hydrogen-bond acceptors (Lipinski definition) is 3. The molecule has 0 fully saturated rings. The lowest BCUT2D eigenvalue weighted by Gasteiger charge is -2.33. The molecule has 2 unspecified atom stereocenters. The summed E-state index contributed by atoms with van der Waals surface area (Å²) in [5.41, 5.74) is 3.88. The van der Waals surface area contributed by atoms with Crippen LogP contribution in [0, 0.1) is 0 Å². The molecule has 112 valence electrons. The van der Waals surface area contributed by atoms with Crippen molar-refractivity contribution in [3.63, 3.8) is 0 Å². The average molecular weight is 285 g/mol. The monoisotopic (exact) mass is 285 g/mol. The van der Waals surface area contributed by atoms with Crippen molar-refractivity contribution < 1.29 is 4.74 Å². The zero-order valence-electron chi connectivity index (χ0n) is 12.7. The van der Waals surface area contributed by atoms with Gasteiger partial charge in [0.15, 0.2) is 0 Å². The first-order chi connectivity index (χ1) is 10.3. The van der Waals surface area contributed by atoms with Gasteiger partial charge in [-0.1, -0.05) is 31.2 Å². The zero-order chi connectivity index (χ0) is 14.7. The van der Waals surface area contributed by atoms with Crippen LogP contribution in [0.15, 0.2) is 36.5 Å². The SMILES string of the molecule is CCCNC(c1ccnn1C)C1OCCc2ccccc21. The number of fused-ring (bicyclic) bond motifs is 1. The van der Waals surface area contributed by atoms with E-state index in [1.807, 2.05) is 17.9 Å². The molecule has 0 amide bonds. The highest BCUT2D eigenvalue weighted by Gasteiger charge is 2.31. The molecule has 1 aromatic carbocycles. The molecule has 4 heteroatoms. The van der Waals surface area contributed by atoms with Crippen molar-refractivity contribution in [3.8, 4) is 0 Å². The summed E-state index contributed by atoms with van der Waals surface area (Å²) in [6.45, 7) is 3.94. The number of rotatable bonds is 5. The normalized spacial score (nSPS) is 19.2. The van der Waals surface area contributed by atoms with Crippen LogP contribution in [0.3, 0.4) is 0 Å². The lowest BCUT2D eigenvalue weighted by atomic mass is 9.91. The van der Waals surface area contributed by atoms with Gasteiger partial charge in [-0.25, -0.2) is 0 Å². The van der Waals surface area contributed by atoms with Gasteiger partial charge in [0.25, 0.3) is 0 Å². The molecule has 0 saturated carbocycles. The average Bonchev–Trinajstić information content (AvgIpc) is 2.94. The maximum Gasteiger partial charge on any atom is 0.104 e. The molecule has 0 aliphatic carbocycles. The van der Waals surface area contributed by atoms with Gasteiger partial charge in [0.1, 0.15) is 6.10 Å². The van der Waals surface area contributed by atoms with Crippen molar-refractivity contribution in [3.05, 3.63) is 53.3 Å². The lowest BCUT2D eigenvalue weighted by Crippen LogP contribution is -2.33. The Morgan fingerprint density at radius 2 is 2.24 bits per heavy atom. The van der Waals surface area contributed by atoms with Crippen LogP contribution < -0.4 is 5.32 Å². The highest BCUT2D eigenvalue weighted by molar-refractivity contribution is 5.33. The van der Waals surface area contributed by atoms with Crippen LogP contribution in [0.4, 0.5) is 0 Å². The topological polar surface area (TPSA) is 39.1 Å². The van der Waals surface area contributed by atoms with Gasteiger partial charge in [-0.05, 0) is 36.6 Å². The number of benzene rings is 1. The van der Waals surface area contributed by atoms with Crippen molar-refractivity contribution in [2.24, 2.45) is 7.05 Å². The van der Waals surface area contributed by atoms with E-state index in [4.69, 9.17) is 4.74 Å². The van der Waals surface area contributed by atoms with Crippen molar-refractivity contribution in [1.82, 2.24) is 15.1 Å². The Kier molecular flexibility index (Phi) is 4.36. The van der Waals surface area contributed by atoms with Gasteiger partial charge in [-0.3, -0.25) is 4.68 Å². The molecule has 0 bridgehead atoms. The molecule has 0 saturated heterocycles. The van der Waals surface area contributed by atoms with Crippen LogP contribution in [-0.2, 0) is 18.2 Å². The van der Waals surface area contributed by atoms with E-state index >= 15 is 0 Å². The second kappa shape index (κ2) is 6.41.